The van der Waals surface area contributed by atoms with Crippen molar-refractivity contribution in [2.75, 3.05) is 45.5 Å². The molecule has 1 atom stereocenters. The summed E-state index contributed by atoms with van der Waals surface area (Å²) in [5.74, 6) is 0.966. The highest BCUT2D eigenvalue weighted by molar-refractivity contribution is 7.92. The molecule has 0 saturated carbocycles. The maximum Gasteiger partial charge on any atom is 0.193 e. The normalized spacial score (nSPS) is 23.6. The molecule has 156 valence electrons. The maximum absolute atomic E-state index is 12.3. The summed E-state index contributed by atoms with van der Waals surface area (Å²) in [6.07, 6.45) is 2.49. The van der Waals surface area contributed by atoms with E-state index in [9.17, 15) is 8.42 Å². The number of likely N-dealkylation sites (tertiary alicyclic amines) is 1. The molecule has 0 amide bonds. The van der Waals surface area contributed by atoms with Crippen LogP contribution in [0, 0.1) is 6.92 Å². The van der Waals surface area contributed by atoms with Crippen molar-refractivity contribution in [1.82, 2.24) is 15.1 Å². The molecule has 1 unspecified atom stereocenters. The topological polar surface area (TPSA) is 65.0 Å². The van der Waals surface area contributed by atoms with E-state index in [0.29, 0.717) is 19.1 Å². The molecule has 2 fully saturated rings. The van der Waals surface area contributed by atoms with Gasteiger partial charge in [0, 0.05) is 26.7 Å². The lowest BCUT2D eigenvalue weighted by molar-refractivity contribution is 0.242. The maximum atomic E-state index is 12.3. The monoisotopic (exact) mass is 406 g/mol. The van der Waals surface area contributed by atoms with Gasteiger partial charge in [0.25, 0.3) is 0 Å². The van der Waals surface area contributed by atoms with Crippen LogP contribution in [-0.2, 0) is 9.84 Å². The lowest BCUT2D eigenvalue weighted by atomic mass is 10.0. The van der Waals surface area contributed by atoms with Crippen LogP contribution >= 0.6 is 0 Å². The molecule has 2 aliphatic heterocycles. The molecular formula is C21H34N4O2S. The zero-order valence-corrected chi connectivity index (χ0v) is 18.4. The van der Waals surface area contributed by atoms with Crippen molar-refractivity contribution in [3.05, 3.63) is 35.4 Å². The second kappa shape index (κ2) is 8.41. The number of guanidine groups is 1. The van der Waals surface area contributed by atoms with E-state index in [-0.39, 0.29) is 5.75 Å². The summed E-state index contributed by atoms with van der Waals surface area (Å²) < 4.78 is 23.9. The number of hydrogen-bond donors (Lipinski definition) is 1. The van der Waals surface area contributed by atoms with E-state index in [4.69, 9.17) is 0 Å². The first-order valence-corrected chi connectivity index (χ1v) is 11.9. The summed E-state index contributed by atoms with van der Waals surface area (Å²) in [7, 11) is -1.29. The SMILES string of the molecule is CN=C(NCC(c1ccc(C)cc1)N1CCCC1)N1CCS(=O)(=O)C(C)(C)C1. The van der Waals surface area contributed by atoms with Gasteiger partial charge in [-0.05, 0) is 52.3 Å². The largest absolute Gasteiger partial charge is 0.354 e. The van der Waals surface area contributed by atoms with Crippen LogP contribution < -0.4 is 5.32 Å². The van der Waals surface area contributed by atoms with Gasteiger partial charge in [-0.25, -0.2) is 8.42 Å². The van der Waals surface area contributed by atoms with E-state index in [2.05, 4.69) is 51.3 Å². The fourth-order valence-corrected chi connectivity index (χ4v) is 5.51. The van der Waals surface area contributed by atoms with Gasteiger partial charge in [-0.3, -0.25) is 9.89 Å². The number of aryl methyl sites for hydroxylation is 1. The van der Waals surface area contributed by atoms with Gasteiger partial charge < -0.3 is 10.2 Å². The average Bonchev–Trinajstić information content (AvgIpc) is 3.17. The second-order valence-corrected chi connectivity index (χ2v) is 11.3. The summed E-state index contributed by atoms with van der Waals surface area (Å²) in [6.45, 7) is 9.68. The quantitative estimate of drug-likeness (QED) is 0.614. The van der Waals surface area contributed by atoms with E-state index in [1.807, 2.05) is 0 Å². The lowest BCUT2D eigenvalue weighted by Gasteiger charge is -2.39. The average molecular weight is 407 g/mol. The fourth-order valence-electron chi connectivity index (χ4n) is 4.14. The molecule has 2 heterocycles. The van der Waals surface area contributed by atoms with Crippen molar-refractivity contribution in [3.63, 3.8) is 0 Å². The first kappa shape index (κ1) is 21.1. The van der Waals surface area contributed by atoms with Crippen LogP contribution in [0.2, 0.25) is 0 Å². The van der Waals surface area contributed by atoms with Crippen molar-refractivity contribution >= 4 is 15.8 Å². The highest BCUT2D eigenvalue weighted by Gasteiger charge is 2.41. The molecule has 7 heteroatoms. The van der Waals surface area contributed by atoms with Crippen LogP contribution in [0.1, 0.15) is 43.9 Å². The van der Waals surface area contributed by atoms with Crippen LogP contribution in [0.25, 0.3) is 0 Å². The minimum Gasteiger partial charge on any atom is -0.354 e. The highest BCUT2D eigenvalue weighted by atomic mass is 32.2. The standard InChI is InChI=1S/C21H34N4O2S/c1-17-7-9-18(10-8-17)19(24-11-5-6-12-24)15-23-20(22-4)25-13-14-28(26,27)21(2,3)16-25/h7-10,19H,5-6,11-16H2,1-4H3,(H,22,23). The summed E-state index contributed by atoms with van der Waals surface area (Å²) in [4.78, 5) is 9.07. The molecule has 0 radical (unpaired) electrons. The smallest absolute Gasteiger partial charge is 0.193 e. The number of nitrogens with one attached hydrogen (secondary N) is 1. The number of aliphatic imine (C=N–C) groups is 1. The minimum atomic E-state index is -3.06. The van der Waals surface area contributed by atoms with Gasteiger partial charge in [-0.1, -0.05) is 29.8 Å². The van der Waals surface area contributed by atoms with E-state index < -0.39 is 14.6 Å². The van der Waals surface area contributed by atoms with Crippen molar-refractivity contribution in [3.8, 4) is 0 Å². The Morgan fingerprint density at radius 2 is 1.82 bits per heavy atom. The number of hydrogen-bond acceptors (Lipinski definition) is 4. The molecule has 2 aliphatic rings. The molecule has 1 N–H and O–H groups in total. The molecular weight excluding hydrogens is 372 g/mol. The molecule has 1 aromatic rings. The van der Waals surface area contributed by atoms with Crippen molar-refractivity contribution in [2.45, 2.75) is 44.4 Å². The summed E-state index contributed by atoms with van der Waals surface area (Å²) >= 11 is 0. The number of rotatable bonds is 4. The Kier molecular flexibility index (Phi) is 6.34. The number of benzene rings is 1. The van der Waals surface area contributed by atoms with Crippen LogP contribution in [0.3, 0.4) is 0 Å². The van der Waals surface area contributed by atoms with Gasteiger partial charge in [-0.15, -0.1) is 0 Å². The Balaban J connectivity index is 1.72. The number of nitrogens with zero attached hydrogens (tertiary/aromatic N) is 3. The molecule has 0 aliphatic carbocycles. The number of sulfone groups is 1. The minimum absolute atomic E-state index is 0.175. The molecule has 0 spiro atoms. The first-order valence-electron chi connectivity index (χ1n) is 10.2. The van der Waals surface area contributed by atoms with Crippen LogP contribution in [0.4, 0.5) is 0 Å². The second-order valence-electron chi connectivity index (χ2n) is 8.60. The van der Waals surface area contributed by atoms with E-state index in [0.717, 1.165) is 25.6 Å². The molecule has 2 saturated heterocycles. The van der Waals surface area contributed by atoms with Gasteiger partial charge >= 0.3 is 0 Å². The Morgan fingerprint density at radius 3 is 2.39 bits per heavy atom. The van der Waals surface area contributed by atoms with Crippen LogP contribution in [-0.4, -0.2) is 74.4 Å². The molecule has 6 nitrogen and oxygen atoms in total. The lowest BCUT2D eigenvalue weighted by Crippen LogP contribution is -2.57. The van der Waals surface area contributed by atoms with Crippen molar-refractivity contribution in [1.29, 1.82) is 0 Å². The van der Waals surface area contributed by atoms with Crippen LogP contribution in [0.15, 0.2) is 29.3 Å². The van der Waals surface area contributed by atoms with Crippen LogP contribution in [0.5, 0.6) is 0 Å². The van der Waals surface area contributed by atoms with E-state index in [1.165, 1.54) is 24.0 Å². The van der Waals surface area contributed by atoms with E-state index in [1.54, 1.807) is 20.9 Å². The highest BCUT2D eigenvalue weighted by Crippen LogP contribution is 2.26. The Labute approximate surface area is 169 Å². The van der Waals surface area contributed by atoms with Gasteiger partial charge in [-0.2, -0.15) is 0 Å². The van der Waals surface area contributed by atoms with Gasteiger partial charge in [0.1, 0.15) is 0 Å². The predicted octanol–water partition coefficient (Wildman–Crippen LogP) is 2.22. The van der Waals surface area contributed by atoms with Gasteiger partial charge in [0.05, 0.1) is 16.5 Å². The molecule has 0 bridgehead atoms. The van der Waals surface area contributed by atoms with Crippen molar-refractivity contribution < 1.29 is 8.42 Å². The summed E-state index contributed by atoms with van der Waals surface area (Å²) in [5.41, 5.74) is 2.58. The summed E-state index contributed by atoms with van der Waals surface area (Å²) in [6, 6.07) is 9.08. The molecule has 28 heavy (non-hydrogen) atoms. The van der Waals surface area contributed by atoms with Gasteiger partial charge in [0.15, 0.2) is 15.8 Å². The Bertz CT molecular complexity index is 796. The molecule has 0 aromatic heterocycles. The molecule has 1 aromatic carbocycles. The van der Waals surface area contributed by atoms with E-state index >= 15 is 0 Å². The zero-order valence-electron chi connectivity index (χ0n) is 17.6. The third-order valence-electron chi connectivity index (χ3n) is 6.05. The Hall–Kier alpha value is -1.60. The Morgan fingerprint density at radius 1 is 1.18 bits per heavy atom. The zero-order chi connectivity index (χ0) is 20.4. The van der Waals surface area contributed by atoms with Gasteiger partial charge in [0.2, 0.25) is 0 Å². The van der Waals surface area contributed by atoms with Crippen molar-refractivity contribution in [2.24, 2.45) is 4.99 Å². The third-order valence-corrected chi connectivity index (χ3v) is 8.58. The first-order chi connectivity index (χ1) is 13.2. The fraction of sp³-hybridized carbons (Fsp3) is 0.667. The summed E-state index contributed by atoms with van der Waals surface area (Å²) in [5, 5.41) is 3.53. The molecule has 3 rings (SSSR count). The predicted molar refractivity (Wildman–Crippen MR) is 116 cm³/mol. The third kappa shape index (κ3) is 4.51.